The van der Waals surface area contributed by atoms with E-state index in [1.54, 1.807) is 6.92 Å². The van der Waals surface area contributed by atoms with Crippen molar-refractivity contribution in [3.05, 3.63) is 22.8 Å². The molecule has 6 heteroatoms. The Labute approximate surface area is 95.0 Å². The van der Waals surface area contributed by atoms with Crippen LogP contribution >= 0.6 is 0 Å². The third kappa shape index (κ3) is 2.08. The third-order valence-electron chi connectivity index (χ3n) is 2.68. The van der Waals surface area contributed by atoms with E-state index >= 15 is 0 Å². The number of rotatable bonds is 1. The number of aryl methyl sites for hydroxylation is 2. The van der Waals surface area contributed by atoms with Crippen molar-refractivity contribution in [3.63, 3.8) is 0 Å². The number of hydrogen-bond donors (Lipinski definition) is 1. The molecule has 1 aliphatic heterocycles. The van der Waals surface area contributed by atoms with Gasteiger partial charge in [-0.15, -0.1) is 0 Å². The first kappa shape index (κ1) is 11.5. The van der Waals surface area contributed by atoms with Crippen LogP contribution in [0.3, 0.4) is 0 Å². The van der Waals surface area contributed by atoms with E-state index in [0.717, 1.165) is 5.69 Å². The van der Waals surface area contributed by atoms with Gasteiger partial charge in [0.15, 0.2) is 9.84 Å². The molecule has 0 amide bonds. The molecule has 0 bridgehead atoms. The topological polar surface area (TPSA) is 85.9 Å². The van der Waals surface area contributed by atoms with E-state index in [4.69, 9.17) is 5.73 Å². The Morgan fingerprint density at radius 2 is 2.06 bits per heavy atom. The maximum Gasteiger partial charge on any atom is 0.154 e. The summed E-state index contributed by atoms with van der Waals surface area (Å²) >= 11 is 0. The minimum atomic E-state index is -3.00. The first-order chi connectivity index (χ1) is 7.39. The molecular formula is C10H15N3O2S. The van der Waals surface area contributed by atoms with Gasteiger partial charge in [0.2, 0.25) is 0 Å². The molecule has 1 aromatic heterocycles. The molecule has 1 unspecified atom stereocenters. The second-order valence-electron chi connectivity index (χ2n) is 4.21. The summed E-state index contributed by atoms with van der Waals surface area (Å²) in [4.78, 5) is 8.54. The van der Waals surface area contributed by atoms with Gasteiger partial charge in [-0.2, -0.15) is 0 Å². The summed E-state index contributed by atoms with van der Waals surface area (Å²) in [5.41, 5.74) is 8.04. The number of nitrogens with two attached hydrogens (primary N) is 1. The zero-order valence-corrected chi connectivity index (χ0v) is 10.2. The van der Waals surface area contributed by atoms with E-state index in [1.807, 2.05) is 6.92 Å². The third-order valence-corrected chi connectivity index (χ3v) is 4.24. The lowest BCUT2D eigenvalue weighted by Crippen LogP contribution is -2.25. The summed E-state index contributed by atoms with van der Waals surface area (Å²) in [7, 11) is -3.00. The van der Waals surface area contributed by atoms with Gasteiger partial charge in [-0.05, 0) is 13.8 Å². The van der Waals surface area contributed by atoms with Gasteiger partial charge >= 0.3 is 0 Å². The van der Waals surface area contributed by atoms with E-state index in [2.05, 4.69) is 9.97 Å². The molecule has 1 aliphatic rings. The molecule has 0 fully saturated rings. The molecular weight excluding hydrogens is 226 g/mol. The molecule has 0 radical (unpaired) electrons. The van der Waals surface area contributed by atoms with Gasteiger partial charge in [0.25, 0.3) is 0 Å². The fourth-order valence-corrected chi connectivity index (χ4v) is 3.37. The van der Waals surface area contributed by atoms with Gasteiger partial charge < -0.3 is 5.73 Å². The largest absolute Gasteiger partial charge is 0.323 e. The molecule has 5 nitrogen and oxygen atoms in total. The maximum atomic E-state index is 11.6. The van der Waals surface area contributed by atoms with Crippen molar-refractivity contribution in [2.75, 3.05) is 5.75 Å². The summed E-state index contributed by atoms with van der Waals surface area (Å²) in [6.45, 7) is 3.61. The summed E-state index contributed by atoms with van der Waals surface area (Å²) in [6, 6.07) is -0.260. The maximum absolute atomic E-state index is 11.6. The van der Waals surface area contributed by atoms with Crippen LogP contribution in [0.15, 0.2) is 0 Å². The first-order valence-corrected chi connectivity index (χ1v) is 7.03. The fourth-order valence-electron chi connectivity index (χ4n) is 1.96. The molecule has 2 N–H and O–H groups in total. The molecule has 2 heterocycles. The number of aromatic nitrogens is 2. The minimum absolute atomic E-state index is 0.0273. The van der Waals surface area contributed by atoms with Crippen LogP contribution in [0.5, 0.6) is 0 Å². The lowest BCUT2D eigenvalue weighted by Gasteiger charge is -2.20. The molecule has 1 atom stereocenters. The smallest absolute Gasteiger partial charge is 0.154 e. The van der Waals surface area contributed by atoms with Gasteiger partial charge in [-0.3, -0.25) is 0 Å². The van der Waals surface area contributed by atoms with Crippen LogP contribution in [0, 0.1) is 6.92 Å². The van der Waals surface area contributed by atoms with Crippen molar-refractivity contribution in [3.8, 4) is 0 Å². The van der Waals surface area contributed by atoms with Crippen LogP contribution in [0.4, 0.5) is 0 Å². The van der Waals surface area contributed by atoms with Crippen molar-refractivity contribution < 1.29 is 8.42 Å². The van der Waals surface area contributed by atoms with E-state index in [0.29, 0.717) is 23.5 Å². The van der Waals surface area contributed by atoms with Crippen LogP contribution < -0.4 is 5.73 Å². The molecule has 0 aliphatic carbocycles. The second kappa shape index (κ2) is 3.78. The molecule has 1 aromatic rings. The summed E-state index contributed by atoms with van der Waals surface area (Å²) < 4.78 is 23.2. The van der Waals surface area contributed by atoms with E-state index in [9.17, 15) is 8.42 Å². The summed E-state index contributed by atoms with van der Waals surface area (Å²) in [5, 5.41) is 0. The Balaban J connectivity index is 2.60. The SMILES string of the molecule is Cc1nc2c(c(C(C)N)n1)CS(=O)(=O)CC2. The molecule has 88 valence electrons. The number of sulfone groups is 1. The highest BCUT2D eigenvalue weighted by Gasteiger charge is 2.26. The van der Waals surface area contributed by atoms with Crippen LogP contribution in [0.1, 0.15) is 35.7 Å². The van der Waals surface area contributed by atoms with Crippen molar-refractivity contribution >= 4 is 9.84 Å². The zero-order chi connectivity index (χ0) is 11.9. The molecule has 0 spiro atoms. The average molecular weight is 241 g/mol. The van der Waals surface area contributed by atoms with E-state index in [-0.39, 0.29) is 17.5 Å². The monoisotopic (exact) mass is 241 g/mol. The van der Waals surface area contributed by atoms with E-state index in [1.165, 1.54) is 0 Å². The van der Waals surface area contributed by atoms with Gasteiger partial charge in [0.1, 0.15) is 5.82 Å². The number of hydrogen-bond acceptors (Lipinski definition) is 5. The standard InChI is InChI=1S/C10H15N3O2S/c1-6(11)10-8-5-16(14,15)4-3-9(8)12-7(2)13-10/h6H,3-5,11H2,1-2H3. The Hall–Kier alpha value is -1.01. The normalized spacial score (nSPS) is 20.2. The fraction of sp³-hybridized carbons (Fsp3) is 0.600. The van der Waals surface area contributed by atoms with Gasteiger partial charge in [-0.25, -0.2) is 18.4 Å². The first-order valence-electron chi connectivity index (χ1n) is 5.21. The van der Waals surface area contributed by atoms with Gasteiger partial charge in [0.05, 0.1) is 17.2 Å². The van der Waals surface area contributed by atoms with Crippen molar-refractivity contribution in [2.45, 2.75) is 32.1 Å². The van der Waals surface area contributed by atoms with Crippen molar-refractivity contribution in [1.82, 2.24) is 9.97 Å². The Morgan fingerprint density at radius 3 is 2.69 bits per heavy atom. The second-order valence-corrected chi connectivity index (χ2v) is 6.40. The highest BCUT2D eigenvalue weighted by atomic mass is 32.2. The summed E-state index contributed by atoms with van der Waals surface area (Å²) in [6.07, 6.45) is 0.473. The molecule has 0 aromatic carbocycles. The Morgan fingerprint density at radius 1 is 1.38 bits per heavy atom. The Bertz CT molecular complexity index is 523. The number of nitrogens with zero attached hydrogens (tertiary/aromatic N) is 2. The predicted molar refractivity (Wildman–Crippen MR) is 60.6 cm³/mol. The van der Waals surface area contributed by atoms with Crippen molar-refractivity contribution in [2.24, 2.45) is 5.73 Å². The molecule has 16 heavy (non-hydrogen) atoms. The summed E-state index contributed by atoms with van der Waals surface area (Å²) in [5.74, 6) is 0.860. The lowest BCUT2D eigenvalue weighted by molar-refractivity contribution is 0.588. The minimum Gasteiger partial charge on any atom is -0.323 e. The van der Waals surface area contributed by atoms with Crippen LogP contribution in [0.25, 0.3) is 0 Å². The van der Waals surface area contributed by atoms with E-state index < -0.39 is 9.84 Å². The zero-order valence-electron chi connectivity index (χ0n) is 9.40. The van der Waals surface area contributed by atoms with Crippen LogP contribution in [-0.4, -0.2) is 24.1 Å². The quantitative estimate of drug-likeness (QED) is 0.763. The Kier molecular flexibility index (Phi) is 2.71. The van der Waals surface area contributed by atoms with Gasteiger partial charge in [0, 0.05) is 23.7 Å². The average Bonchev–Trinajstić information content (AvgIpc) is 2.16. The molecule has 2 rings (SSSR count). The number of fused-ring (bicyclic) bond motifs is 1. The highest BCUT2D eigenvalue weighted by molar-refractivity contribution is 7.90. The predicted octanol–water partition coefficient (Wildman–Crippen LogP) is 0.276. The highest BCUT2D eigenvalue weighted by Crippen LogP contribution is 2.24. The molecule has 0 saturated carbocycles. The van der Waals surface area contributed by atoms with Crippen LogP contribution in [-0.2, 0) is 22.0 Å². The lowest BCUT2D eigenvalue weighted by atomic mass is 10.1. The van der Waals surface area contributed by atoms with Crippen molar-refractivity contribution in [1.29, 1.82) is 0 Å². The van der Waals surface area contributed by atoms with Crippen LogP contribution in [0.2, 0.25) is 0 Å². The molecule has 0 saturated heterocycles. The van der Waals surface area contributed by atoms with Gasteiger partial charge in [-0.1, -0.05) is 0 Å².